The number of hydrogen-bond acceptors (Lipinski definition) is 3. The number of halogens is 2. The molecule has 2 aliphatic carbocycles. The summed E-state index contributed by atoms with van der Waals surface area (Å²) in [5, 5.41) is 4.55. The van der Waals surface area contributed by atoms with Gasteiger partial charge in [0.05, 0.1) is 17.7 Å². The topological polar surface area (TPSA) is 64.2 Å². The van der Waals surface area contributed by atoms with Crippen molar-refractivity contribution in [3.8, 4) is 0 Å². The van der Waals surface area contributed by atoms with Gasteiger partial charge in [-0.05, 0) is 57.8 Å². The van der Waals surface area contributed by atoms with Gasteiger partial charge in [0.25, 0.3) is 0 Å². The minimum Gasteiger partial charge on any atom is -0.335 e. The van der Waals surface area contributed by atoms with Gasteiger partial charge in [0, 0.05) is 30.9 Å². The molecule has 5 nitrogen and oxygen atoms in total. The van der Waals surface area contributed by atoms with Gasteiger partial charge < -0.3 is 10.6 Å². The van der Waals surface area contributed by atoms with E-state index in [9.17, 15) is 4.79 Å². The van der Waals surface area contributed by atoms with Crippen molar-refractivity contribution in [2.24, 2.45) is 30.5 Å². The molecular formula is C18H30Cl2N4O. The maximum absolute atomic E-state index is 13.3. The van der Waals surface area contributed by atoms with E-state index in [2.05, 4.69) is 23.8 Å². The van der Waals surface area contributed by atoms with Gasteiger partial charge in [-0.1, -0.05) is 0 Å². The minimum absolute atomic E-state index is 0. The predicted octanol–water partition coefficient (Wildman–Crippen LogP) is 2.92. The standard InChI is InChI=1S/C18H28N4O.2ClH/c1-10-15(11(2)21(3)20-10)14-5-4-8-22(14)18(23)16-12-6-7-13(9-12)17(16)19;;/h12-14,16-17H,4-9,19H2,1-3H3;2*1H. The molecule has 3 fully saturated rings. The third-order valence-electron chi connectivity index (χ3n) is 6.70. The lowest BCUT2D eigenvalue weighted by Gasteiger charge is -2.34. The van der Waals surface area contributed by atoms with Crippen molar-refractivity contribution in [3.05, 3.63) is 17.0 Å². The first kappa shape index (κ1) is 20.5. The van der Waals surface area contributed by atoms with E-state index in [1.165, 1.54) is 30.5 Å². The van der Waals surface area contributed by atoms with Crippen molar-refractivity contribution in [1.29, 1.82) is 0 Å². The fourth-order valence-electron chi connectivity index (χ4n) is 5.50. The van der Waals surface area contributed by atoms with Gasteiger partial charge in [-0.3, -0.25) is 9.48 Å². The molecule has 2 N–H and O–H groups in total. The summed E-state index contributed by atoms with van der Waals surface area (Å²) in [6, 6.07) is 0.279. The van der Waals surface area contributed by atoms with Crippen molar-refractivity contribution >= 4 is 30.7 Å². The van der Waals surface area contributed by atoms with Crippen molar-refractivity contribution in [3.63, 3.8) is 0 Å². The molecule has 25 heavy (non-hydrogen) atoms. The van der Waals surface area contributed by atoms with E-state index in [4.69, 9.17) is 5.73 Å². The number of carbonyl (C=O) groups excluding carboxylic acids is 1. The molecule has 0 aromatic carbocycles. The number of aromatic nitrogens is 2. The summed E-state index contributed by atoms with van der Waals surface area (Å²) in [6.07, 6.45) is 5.72. The van der Waals surface area contributed by atoms with E-state index in [-0.39, 0.29) is 42.8 Å². The molecule has 1 aromatic heterocycles. The van der Waals surface area contributed by atoms with Gasteiger partial charge in [0.2, 0.25) is 5.91 Å². The SMILES string of the molecule is Cc1nn(C)c(C)c1C1CCCN1C(=O)C1C2CCC(C2)C1N.Cl.Cl. The summed E-state index contributed by atoms with van der Waals surface area (Å²) >= 11 is 0. The molecule has 5 unspecified atom stereocenters. The Bertz CT molecular complexity index is 645. The number of aryl methyl sites for hydroxylation is 2. The van der Waals surface area contributed by atoms with Crippen molar-refractivity contribution in [1.82, 2.24) is 14.7 Å². The van der Waals surface area contributed by atoms with Gasteiger partial charge in [-0.2, -0.15) is 5.10 Å². The van der Waals surface area contributed by atoms with E-state index in [1.807, 2.05) is 11.7 Å². The molecule has 0 radical (unpaired) electrons. The second kappa shape index (κ2) is 7.45. The van der Waals surface area contributed by atoms with Crippen LogP contribution < -0.4 is 5.73 Å². The average Bonchev–Trinajstić information content (AvgIpc) is 3.24. The van der Waals surface area contributed by atoms with Crippen molar-refractivity contribution in [2.45, 2.75) is 58.0 Å². The van der Waals surface area contributed by atoms with Crippen LogP contribution >= 0.6 is 24.8 Å². The summed E-state index contributed by atoms with van der Waals surface area (Å²) < 4.78 is 1.94. The van der Waals surface area contributed by atoms with Gasteiger partial charge >= 0.3 is 0 Å². The molecule has 1 aliphatic heterocycles. The number of amides is 1. The van der Waals surface area contributed by atoms with Crippen LogP contribution in [-0.4, -0.2) is 33.2 Å². The Hall–Kier alpha value is -0.780. The molecule has 4 rings (SSSR count). The molecule has 1 saturated heterocycles. The van der Waals surface area contributed by atoms with Crippen LogP contribution in [0.1, 0.15) is 55.1 Å². The molecule has 5 atom stereocenters. The Morgan fingerprint density at radius 3 is 2.40 bits per heavy atom. The quantitative estimate of drug-likeness (QED) is 0.846. The molecular weight excluding hydrogens is 359 g/mol. The first-order valence-electron chi connectivity index (χ1n) is 9.05. The Labute approximate surface area is 162 Å². The summed E-state index contributed by atoms with van der Waals surface area (Å²) in [6.45, 7) is 5.05. The molecule has 7 heteroatoms. The molecule has 142 valence electrons. The zero-order valence-corrected chi connectivity index (χ0v) is 16.9. The number of rotatable bonds is 2. The largest absolute Gasteiger partial charge is 0.335 e. The molecule has 2 bridgehead atoms. The molecule has 0 spiro atoms. The first-order valence-corrected chi connectivity index (χ1v) is 9.05. The highest BCUT2D eigenvalue weighted by molar-refractivity contribution is 5.85. The van der Waals surface area contributed by atoms with E-state index < -0.39 is 0 Å². The highest BCUT2D eigenvalue weighted by Gasteiger charge is 2.51. The number of carbonyl (C=O) groups is 1. The molecule has 1 amide bonds. The molecule has 1 aromatic rings. The number of hydrogen-bond donors (Lipinski definition) is 1. The van der Waals surface area contributed by atoms with Gasteiger partial charge in [-0.25, -0.2) is 0 Å². The summed E-state index contributed by atoms with van der Waals surface area (Å²) in [4.78, 5) is 15.4. The fourth-order valence-corrected chi connectivity index (χ4v) is 5.50. The smallest absolute Gasteiger partial charge is 0.228 e. The third kappa shape index (κ3) is 3.08. The number of nitrogens with zero attached hydrogens (tertiary/aromatic N) is 3. The third-order valence-corrected chi connectivity index (χ3v) is 6.70. The summed E-state index contributed by atoms with van der Waals surface area (Å²) in [5.74, 6) is 1.48. The van der Waals surface area contributed by atoms with Crippen LogP contribution in [0, 0.1) is 31.6 Å². The van der Waals surface area contributed by atoms with Gasteiger partial charge in [0.15, 0.2) is 0 Å². The van der Waals surface area contributed by atoms with E-state index >= 15 is 0 Å². The maximum Gasteiger partial charge on any atom is 0.228 e. The summed E-state index contributed by atoms with van der Waals surface area (Å²) in [7, 11) is 1.98. The Morgan fingerprint density at radius 1 is 1.16 bits per heavy atom. The van der Waals surface area contributed by atoms with Crippen molar-refractivity contribution in [2.75, 3.05) is 6.54 Å². The number of likely N-dealkylation sites (tertiary alicyclic amines) is 1. The molecule has 2 saturated carbocycles. The van der Waals surface area contributed by atoms with E-state index in [0.29, 0.717) is 17.7 Å². The zero-order chi connectivity index (χ0) is 16.3. The highest BCUT2D eigenvalue weighted by atomic mass is 35.5. The predicted molar refractivity (Wildman–Crippen MR) is 103 cm³/mol. The Balaban J connectivity index is 0.00000113. The maximum atomic E-state index is 13.3. The average molecular weight is 389 g/mol. The lowest BCUT2D eigenvalue weighted by Crippen LogP contribution is -2.47. The summed E-state index contributed by atoms with van der Waals surface area (Å²) in [5.41, 5.74) is 9.92. The monoisotopic (exact) mass is 388 g/mol. The number of fused-ring (bicyclic) bond motifs is 2. The molecule has 3 aliphatic rings. The van der Waals surface area contributed by atoms with Crippen LogP contribution in [0.5, 0.6) is 0 Å². The van der Waals surface area contributed by atoms with Crippen LogP contribution in [0.3, 0.4) is 0 Å². The van der Waals surface area contributed by atoms with E-state index in [1.54, 1.807) is 0 Å². The van der Waals surface area contributed by atoms with Crippen molar-refractivity contribution < 1.29 is 4.79 Å². The van der Waals surface area contributed by atoms with Gasteiger partial charge in [0.1, 0.15) is 0 Å². The Kier molecular flexibility index (Phi) is 6.12. The highest BCUT2D eigenvalue weighted by Crippen LogP contribution is 2.49. The van der Waals surface area contributed by atoms with Gasteiger partial charge in [-0.15, -0.1) is 24.8 Å². The normalized spacial score (nSPS) is 33.3. The number of nitrogens with two attached hydrogens (primary N) is 1. The van der Waals surface area contributed by atoms with Crippen LogP contribution in [0.4, 0.5) is 0 Å². The lowest BCUT2D eigenvalue weighted by molar-refractivity contribution is -0.138. The minimum atomic E-state index is 0. The van der Waals surface area contributed by atoms with E-state index in [0.717, 1.165) is 25.1 Å². The fraction of sp³-hybridized carbons (Fsp3) is 0.778. The molecule has 2 heterocycles. The second-order valence-electron chi connectivity index (χ2n) is 7.83. The van der Waals surface area contributed by atoms with Crippen LogP contribution in [-0.2, 0) is 11.8 Å². The van der Waals surface area contributed by atoms with Crippen LogP contribution in [0.2, 0.25) is 0 Å². The lowest BCUT2D eigenvalue weighted by atomic mass is 9.83. The zero-order valence-electron chi connectivity index (χ0n) is 15.3. The second-order valence-corrected chi connectivity index (χ2v) is 7.83. The first-order chi connectivity index (χ1) is 11.0. The van der Waals surface area contributed by atoms with Crippen LogP contribution in [0.25, 0.3) is 0 Å². The Morgan fingerprint density at radius 2 is 1.84 bits per heavy atom. The van der Waals surface area contributed by atoms with Crippen LogP contribution in [0.15, 0.2) is 0 Å².